The Labute approximate surface area is 102 Å². The highest BCUT2D eigenvalue weighted by molar-refractivity contribution is 9.11. The Balaban J connectivity index is 2.53. The third-order valence-corrected chi connectivity index (χ3v) is 5.27. The van der Waals surface area contributed by atoms with Gasteiger partial charge in [-0.15, -0.1) is 11.3 Å². The molecule has 0 aliphatic carbocycles. The SMILES string of the molecule is O=S(=O)(NCCCCO)c1ccc(Br)s1. The van der Waals surface area contributed by atoms with E-state index in [1.807, 2.05) is 0 Å². The Morgan fingerprint density at radius 3 is 2.67 bits per heavy atom. The van der Waals surface area contributed by atoms with Crippen LogP contribution in [0.15, 0.2) is 20.1 Å². The molecular weight excluding hydrogens is 302 g/mol. The summed E-state index contributed by atoms with van der Waals surface area (Å²) < 4.78 is 26.8. The maximum absolute atomic E-state index is 11.6. The van der Waals surface area contributed by atoms with Crippen LogP contribution in [0.3, 0.4) is 0 Å². The van der Waals surface area contributed by atoms with Crippen LogP contribution in [0.25, 0.3) is 0 Å². The third kappa shape index (κ3) is 4.20. The zero-order valence-electron chi connectivity index (χ0n) is 7.94. The Hall–Kier alpha value is 0.0500. The van der Waals surface area contributed by atoms with Crippen LogP contribution >= 0.6 is 27.3 Å². The highest BCUT2D eigenvalue weighted by Gasteiger charge is 2.15. The predicted octanol–water partition coefficient (Wildman–Crippen LogP) is 1.56. The van der Waals surface area contributed by atoms with E-state index in [4.69, 9.17) is 5.11 Å². The van der Waals surface area contributed by atoms with Crippen LogP contribution in [0, 0.1) is 0 Å². The molecule has 0 unspecified atom stereocenters. The van der Waals surface area contributed by atoms with Gasteiger partial charge in [0.05, 0.1) is 3.79 Å². The fraction of sp³-hybridized carbons (Fsp3) is 0.500. The van der Waals surface area contributed by atoms with Crippen molar-refractivity contribution < 1.29 is 13.5 Å². The van der Waals surface area contributed by atoms with Gasteiger partial charge < -0.3 is 5.11 Å². The van der Waals surface area contributed by atoms with Crippen LogP contribution in [0.2, 0.25) is 0 Å². The van der Waals surface area contributed by atoms with Crippen molar-refractivity contribution >= 4 is 37.3 Å². The molecule has 0 aliphatic rings. The highest BCUT2D eigenvalue weighted by Crippen LogP contribution is 2.25. The van der Waals surface area contributed by atoms with Crippen LogP contribution in [0.4, 0.5) is 0 Å². The van der Waals surface area contributed by atoms with Gasteiger partial charge in [-0.05, 0) is 40.9 Å². The number of rotatable bonds is 6. The maximum Gasteiger partial charge on any atom is 0.250 e. The lowest BCUT2D eigenvalue weighted by atomic mass is 10.3. The standard InChI is InChI=1S/C8H12BrNO3S2/c9-7-3-4-8(14-7)15(12,13)10-5-1-2-6-11/h3-4,10-11H,1-2,5-6H2. The molecule has 0 bridgehead atoms. The number of aliphatic hydroxyl groups is 1. The molecular formula is C8H12BrNO3S2. The van der Waals surface area contributed by atoms with Crippen molar-refractivity contribution in [1.29, 1.82) is 0 Å². The smallest absolute Gasteiger partial charge is 0.250 e. The lowest BCUT2D eigenvalue weighted by Crippen LogP contribution is -2.24. The number of sulfonamides is 1. The van der Waals surface area contributed by atoms with Crippen LogP contribution in [0.1, 0.15) is 12.8 Å². The van der Waals surface area contributed by atoms with E-state index < -0.39 is 10.0 Å². The van der Waals surface area contributed by atoms with Crippen LogP contribution in [-0.4, -0.2) is 26.7 Å². The van der Waals surface area contributed by atoms with Gasteiger partial charge in [-0.3, -0.25) is 0 Å². The minimum atomic E-state index is -3.36. The van der Waals surface area contributed by atoms with E-state index in [2.05, 4.69) is 20.7 Å². The van der Waals surface area contributed by atoms with Gasteiger partial charge in [0.1, 0.15) is 4.21 Å². The van der Waals surface area contributed by atoms with E-state index in [9.17, 15) is 8.42 Å². The monoisotopic (exact) mass is 313 g/mol. The van der Waals surface area contributed by atoms with E-state index in [1.54, 1.807) is 12.1 Å². The summed E-state index contributed by atoms with van der Waals surface area (Å²) >= 11 is 4.39. The summed E-state index contributed by atoms with van der Waals surface area (Å²) in [6.07, 6.45) is 1.25. The summed E-state index contributed by atoms with van der Waals surface area (Å²) in [5.41, 5.74) is 0. The van der Waals surface area contributed by atoms with Crippen LogP contribution in [0.5, 0.6) is 0 Å². The second-order valence-electron chi connectivity index (χ2n) is 2.89. The van der Waals surface area contributed by atoms with E-state index in [1.165, 1.54) is 11.3 Å². The summed E-state index contributed by atoms with van der Waals surface area (Å²) in [5, 5.41) is 8.53. The number of thiophene rings is 1. The molecule has 0 saturated heterocycles. The Bertz CT molecular complexity index is 402. The van der Waals surface area contributed by atoms with Crippen molar-refractivity contribution in [2.24, 2.45) is 0 Å². The average molecular weight is 314 g/mol. The molecule has 0 atom stereocenters. The molecule has 4 nitrogen and oxygen atoms in total. The van der Waals surface area contributed by atoms with Gasteiger partial charge in [0.25, 0.3) is 0 Å². The first kappa shape index (κ1) is 13.1. The van der Waals surface area contributed by atoms with Gasteiger partial charge in [0.15, 0.2) is 0 Å². The van der Waals surface area contributed by atoms with Gasteiger partial charge in [-0.2, -0.15) is 0 Å². The number of aliphatic hydroxyl groups excluding tert-OH is 1. The molecule has 2 N–H and O–H groups in total. The molecule has 86 valence electrons. The number of nitrogens with one attached hydrogen (secondary N) is 1. The van der Waals surface area contributed by atoms with Crippen LogP contribution in [-0.2, 0) is 10.0 Å². The summed E-state index contributed by atoms with van der Waals surface area (Å²) in [7, 11) is -3.36. The summed E-state index contributed by atoms with van der Waals surface area (Å²) in [6.45, 7) is 0.449. The topological polar surface area (TPSA) is 66.4 Å². The van der Waals surface area contributed by atoms with Crippen molar-refractivity contribution in [3.63, 3.8) is 0 Å². The molecule has 0 aliphatic heterocycles. The lowest BCUT2D eigenvalue weighted by Gasteiger charge is -2.03. The Morgan fingerprint density at radius 2 is 2.13 bits per heavy atom. The first-order chi connectivity index (χ1) is 7.06. The number of halogens is 1. The average Bonchev–Trinajstić information content (AvgIpc) is 2.60. The second kappa shape index (κ2) is 5.95. The predicted molar refractivity (Wildman–Crippen MR) is 63.5 cm³/mol. The highest BCUT2D eigenvalue weighted by atomic mass is 79.9. The molecule has 1 aromatic rings. The van der Waals surface area contributed by atoms with E-state index in [-0.39, 0.29) is 6.61 Å². The largest absolute Gasteiger partial charge is 0.396 e. The van der Waals surface area contributed by atoms with Crippen molar-refractivity contribution in [2.75, 3.05) is 13.2 Å². The fourth-order valence-corrected chi connectivity index (χ4v) is 4.09. The molecule has 0 amide bonds. The Morgan fingerprint density at radius 1 is 1.40 bits per heavy atom. The van der Waals surface area contributed by atoms with Gasteiger partial charge in [0, 0.05) is 13.2 Å². The maximum atomic E-state index is 11.6. The number of hydrogen-bond acceptors (Lipinski definition) is 4. The fourth-order valence-electron chi connectivity index (χ4n) is 0.957. The molecule has 1 heterocycles. The molecule has 0 fully saturated rings. The van der Waals surface area contributed by atoms with Crippen molar-refractivity contribution in [3.8, 4) is 0 Å². The Kier molecular flexibility index (Phi) is 5.20. The van der Waals surface area contributed by atoms with Crippen molar-refractivity contribution in [3.05, 3.63) is 15.9 Å². The first-order valence-corrected chi connectivity index (χ1v) is 7.51. The zero-order valence-corrected chi connectivity index (χ0v) is 11.2. The normalized spacial score (nSPS) is 11.9. The van der Waals surface area contributed by atoms with Crippen molar-refractivity contribution in [1.82, 2.24) is 4.72 Å². The van der Waals surface area contributed by atoms with E-state index >= 15 is 0 Å². The van der Waals surface area contributed by atoms with Gasteiger partial charge in [-0.1, -0.05) is 0 Å². The van der Waals surface area contributed by atoms with Gasteiger partial charge in [0.2, 0.25) is 10.0 Å². The molecule has 7 heteroatoms. The number of unbranched alkanes of at least 4 members (excludes halogenated alkanes) is 1. The molecule has 15 heavy (non-hydrogen) atoms. The summed E-state index contributed by atoms with van der Waals surface area (Å²) in [6, 6.07) is 3.26. The molecule has 1 rings (SSSR count). The van der Waals surface area contributed by atoms with E-state index in [0.717, 1.165) is 3.79 Å². The van der Waals surface area contributed by atoms with Crippen LogP contribution < -0.4 is 4.72 Å². The third-order valence-electron chi connectivity index (χ3n) is 1.69. The molecule has 0 saturated carbocycles. The molecule has 0 aromatic carbocycles. The van der Waals surface area contributed by atoms with Gasteiger partial charge >= 0.3 is 0 Å². The van der Waals surface area contributed by atoms with Gasteiger partial charge in [-0.25, -0.2) is 13.1 Å². The van der Waals surface area contributed by atoms with E-state index in [0.29, 0.717) is 23.6 Å². The quantitative estimate of drug-likeness (QED) is 0.783. The minimum absolute atomic E-state index is 0.0896. The number of hydrogen-bond donors (Lipinski definition) is 2. The first-order valence-electron chi connectivity index (χ1n) is 4.42. The zero-order chi connectivity index (χ0) is 11.3. The molecule has 1 aromatic heterocycles. The summed E-state index contributed by atoms with van der Waals surface area (Å²) in [4.78, 5) is 0. The second-order valence-corrected chi connectivity index (χ2v) is 7.34. The molecule has 0 radical (unpaired) electrons. The lowest BCUT2D eigenvalue weighted by molar-refractivity contribution is 0.285. The molecule has 0 spiro atoms. The summed E-state index contributed by atoms with van der Waals surface area (Å²) in [5.74, 6) is 0. The minimum Gasteiger partial charge on any atom is -0.396 e. The van der Waals surface area contributed by atoms with Crippen molar-refractivity contribution in [2.45, 2.75) is 17.1 Å².